The van der Waals surface area contributed by atoms with Crippen LogP contribution in [-0.2, 0) is 6.54 Å². The summed E-state index contributed by atoms with van der Waals surface area (Å²) in [6, 6.07) is 13.4. The summed E-state index contributed by atoms with van der Waals surface area (Å²) >= 11 is 0. The van der Waals surface area contributed by atoms with Gasteiger partial charge >= 0.3 is 0 Å². The lowest BCUT2D eigenvalue weighted by Crippen LogP contribution is -2.42. The number of anilines is 1. The summed E-state index contributed by atoms with van der Waals surface area (Å²) in [5.41, 5.74) is 9.23. The highest BCUT2D eigenvalue weighted by molar-refractivity contribution is 6.07. The molecule has 1 aliphatic heterocycles. The smallest absolute Gasteiger partial charge is 0.258 e. The van der Waals surface area contributed by atoms with Gasteiger partial charge in [-0.25, -0.2) is 0 Å². The molecule has 2 aromatic rings. The predicted octanol–water partition coefficient (Wildman–Crippen LogP) is 2.88. The number of ether oxygens (including phenoxy) is 1. The third kappa shape index (κ3) is 2.70. The first-order valence-corrected chi connectivity index (χ1v) is 7.46. The fraction of sp³-hybridized carbons (Fsp3) is 0.278. The van der Waals surface area contributed by atoms with Crippen molar-refractivity contribution in [3.63, 3.8) is 0 Å². The van der Waals surface area contributed by atoms with Crippen molar-refractivity contribution in [3.05, 3.63) is 59.2 Å². The molecule has 2 aromatic carbocycles. The van der Waals surface area contributed by atoms with Crippen LogP contribution < -0.4 is 15.4 Å². The summed E-state index contributed by atoms with van der Waals surface area (Å²) in [5, 5.41) is 0. The second-order valence-electron chi connectivity index (χ2n) is 5.72. The van der Waals surface area contributed by atoms with E-state index < -0.39 is 0 Å². The number of carbonyl (C=O) groups is 1. The molecule has 0 fully saturated rings. The summed E-state index contributed by atoms with van der Waals surface area (Å²) < 4.78 is 5.85. The molecule has 1 aliphatic rings. The maximum absolute atomic E-state index is 12.8. The van der Waals surface area contributed by atoms with Gasteiger partial charge in [0.15, 0.2) is 0 Å². The molecular weight excluding hydrogens is 276 g/mol. The van der Waals surface area contributed by atoms with Crippen molar-refractivity contribution in [2.75, 3.05) is 11.4 Å². The SMILES string of the molecule is Cc1ccc2c(c1)OC(C)CN2C(=O)c1ccc(CN)cc1. The van der Waals surface area contributed by atoms with Crippen LogP contribution in [0.2, 0.25) is 0 Å². The Bertz CT molecular complexity index is 695. The Balaban J connectivity index is 1.95. The summed E-state index contributed by atoms with van der Waals surface area (Å²) in [6.07, 6.45) is -0.0263. The van der Waals surface area contributed by atoms with E-state index >= 15 is 0 Å². The molecule has 0 saturated carbocycles. The number of amides is 1. The van der Waals surface area contributed by atoms with Crippen molar-refractivity contribution in [2.24, 2.45) is 5.73 Å². The Hall–Kier alpha value is -2.33. The molecule has 0 aliphatic carbocycles. The van der Waals surface area contributed by atoms with Gasteiger partial charge in [0.2, 0.25) is 0 Å². The van der Waals surface area contributed by atoms with E-state index in [4.69, 9.17) is 10.5 Å². The fourth-order valence-electron chi connectivity index (χ4n) is 2.68. The highest BCUT2D eigenvalue weighted by Gasteiger charge is 2.28. The first-order chi connectivity index (χ1) is 10.6. The minimum atomic E-state index is -0.0263. The number of nitrogens with two attached hydrogens (primary N) is 1. The molecule has 114 valence electrons. The molecular formula is C18H20N2O2. The minimum Gasteiger partial charge on any atom is -0.487 e. The number of fused-ring (bicyclic) bond motifs is 1. The molecule has 0 aromatic heterocycles. The second kappa shape index (κ2) is 5.81. The summed E-state index contributed by atoms with van der Waals surface area (Å²) in [6.45, 7) is 5.02. The van der Waals surface area contributed by atoms with Crippen LogP contribution in [0.1, 0.15) is 28.4 Å². The molecule has 4 heteroatoms. The standard InChI is InChI=1S/C18H20N2O2/c1-12-3-8-16-17(9-12)22-13(2)11-20(16)18(21)15-6-4-14(10-19)5-7-15/h3-9,13H,10-11,19H2,1-2H3. The van der Waals surface area contributed by atoms with Crippen molar-refractivity contribution >= 4 is 11.6 Å². The third-order valence-corrected chi connectivity index (χ3v) is 3.86. The first-order valence-electron chi connectivity index (χ1n) is 7.46. The molecule has 2 N–H and O–H groups in total. The second-order valence-corrected chi connectivity index (χ2v) is 5.72. The molecule has 0 radical (unpaired) electrons. The zero-order chi connectivity index (χ0) is 15.7. The lowest BCUT2D eigenvalue weighted by atomic mass is 10.1. The van der Waals surface area contributed by atoms with Gasteiger partial charge in [0.25, 0.3) is 5.91 Å². The van der Waals surface area contributed by atoms with Crippen LogP contribution in [0.15, 0.2) is 42.5 Å². The van der Waals surface area contributed by atoms with Gasteiger partial charge in [0, 0.05) is 12.1 Å². The van der Waals surface area contributed by atoms with Gasteiger partial charge < -0.3 is 15.4 Å². The lowest BCUT2D eigenvalue weighted by Gasteiger charge is -2.33. The fourth-order valence-corrected chi connectivity index (χ4v) is 2.68. The van der Waals surface area contributed by atoms with E-state index in [0.29, 0.717) is 18.7 Å². The van der Waals surface area contributed by atoms with Crippen LogP contribution in [-0.4, -0.2) is 18.6 Å². The Kier molecular flexibility index (Phi) is 3.86. The molecule has 3 rings (SSSR count). The summed E-state index contributed by atoms with van der Waals surface area (Å²) in [5.74, 6) is 0.759. The average molecular weight is 296 g/mol. The summed E-state index contributed by atoms with van der Waals surface area (Å²) in [4.78, 5) is 14.6. The maximum Gasteiger partial charge on any atom is 0.258 e. The number of carbonyl (C=O) groups excluding carboxylic acids is 1. The Labute approximate surface area is 130 Å². The van der Waals surface area contributed by atoms with Gasteiger partial charge in [-0.15, -0.1) is 0 Å². The molecule has 0 bridgehead atoms. The molecule has 1 heterocycles. The van der Waals surface area contributed by atoms with Crippen molar-refractivity contribution in [1.82, 2.24) is 0 Å². The quantitative estimate of drug-likeness (QED) is 0.927. The van der Waals surface area contributed by atoms with Crippen LogP contribution >= 0.6 is 0 Å². The van der Waals surface area contributed by atoms with E-state index in [9.17, 15) is 4.79 Å². The van der Waals surface area contributed by atoms with Crippen molar-refractivity contribution < 1.29 is 9.53 Å². The number of nitrogens with zero attached hydrogens (tertiary/aromatic N) is 1. The monoisotopic (exact) mass is 296 g/mol. The predicted molar refractivity (Wildman–Crippen MR) is 87.3 cm³/mol. The van der Waals surface area contributed by atoms with Crippen LogP contribution in [0.25, 0.3) is 0 Å². The number of hydrogen-bond donors (Lipinski definition) is 1. The molecule has 1 amide bonds. The van der Waals surface area contributed by atoms with Crippen molar-refractivity contribution in [2.45, 2.75) is 26.5 Å². The van der Waals surface area contributed by atoms with Gasteiger partial charge in [0.05, 0.1) is 12.2 Å². The third-order valence-electron chi connectivity index (χ3n) is 3.86. The molecule has 1 unspecified atom stereocenters. The number of aryl methyl sites for hydroxylation is 1. The van der Waals surface area contributed by atoms with E-state index in [2.05, 4.69) is 0 Å². The highest BCUT2D eigenvalue weighted by atomic mass is 16.5. The molecule has 4 nitrogen and oxygen atoms in total. The molecule has 22 heavy (non-hydrogen) atoms. The van der Waals surface area contributed by atoms with Crippen LogP contribution in [0.5, 0.6) is 5.75 Å². The van der Waals surface area contributed by atoms with Crippen LogP contribution in [0.4, 0.5) is 5.69 Å². The van der Waals surface area contributed by atoms with E-state index in [1.54, 1.807) is 4.90 Å². The largest absolute Gasteiger partial charge is 0.487 e. The zero-order valence-corrected chi connectivity index (χ0v) is 12.9. The topological polar surface area (TPSA) is 55.6 Å². The van der Waals surface area contributed by atoms with Gasteiger partial charge in [-0.2, -0.15) is 0 Å². The molecule has 0 saturated heterocycles. The Morgan fingerprint density at radius 1 is 1.27 bits per heavy atom. The number of benzene rings is 2. The molecule has 1 atom stereocenters. The van der Waals surface area contributed by atoms with Gasteiger partial charge in [-0.3, -0.25) is 4.79 Å². The van der Waals surface area contributed by atoms with Crippen molar-refractivity contribution in [1.29, 1.82) is 0 Å². The lowest BCUT2D eigenvalue weighted by molar-refractivity contribution is 0.0961. The van der Waals surface area contributed by atoms with Gasteiger partial charge in [0.1, 0.15) is 11.9 Å². The Morgan fingerprint density at radius 3 is 2.68 bits per heavy atom. The van der Waals surface area contributed by atoms with Gasteiger partial charge in [-0.05, 0) is 49.2 Å². The normalized spacial score (nSPS) is 16.9. The minimum absolute atomic E-state index is 0.0103. The molecule has 0 spiro atoms. The highest BCUT2D eigenvalue weighted by Crippen LogP contribution is 2.35. The number of hydrogen-bond acceptors (Lipinski definition) is 3. The van der Waals surface area contributed by atoms with E-state index in [1.807, 2.05) is 56.3 Å². The van der Waals surface area contributed by atoms with E-state index in [0.717, 1.165) is 22.6 Å². The average Bonchev–Trinajstić information content (AvgIpc) is 2.53. The van der Waals surface area contributed by atoms with E-state index in [-0.39, 0.29) is 12.0 Å². The van der Waals surface area contributed by atoms with Crippen LogP contribution in [0.3, 0.4) is 0 Å². The van der Waals surface area contributed by atoms with Crippen molar-refractivity contribution in [3.8, 4) is 5.75 Å². The maximum atomic E-state index is 12.8. The van der Waals surface area contributed by atoms with E-state index in [1.165, 1.54) is 0 Å². The van der Waals surface area contributed by atoms with Crippen LogP contribution in [0, 0.1) is 6.92 Å². The first kappa shape index (κ1) is 14.6. The number of rotatable bonds is 2. The van der Waals surface area contributed by atoms with Gasteiger partial charge in [-0.1, -0.05) is 18.2 Å². The summed E-state index contributed by atoms with van der Waals surface area (Å²) in [7, 11) is 0. The zero-order valence-electron chi connectivity index (χ0n) is 12.9. The Morgan fingerprint density at radius 2 is 2.00 bits per heavy atom.